The van der Waals surface area contributed by atoms with Gasteiger partial charge in [-0.25, -0.2) is 4.98 Å². The van der Waals surface area contributed by atoms with Crippen LogP contribution in [-0.4, -0.2) is 21.5 Å². The molecule has 0 amide bonds. The molecule has 124 valence electrons. The van der Waals surface area contributed by atoms with Gasteiger partial charge in [-0.1, -0.05) is 30.3 Å². The maximum atomic E-state index is 5.49. The number of nitrogens with one attached hydrogen (secondary N) is 1. The molecule has 26 heavy (non-hydrogen) atoms. The van der Waals surface area contributed by atoms with E-state index in [1.807, 2.05) is 12.1 Å². The Morgan fingerprint density at radius 2 is 1.73 bits per heavy atom. The molecule has 1 N–H and O–H groups in total. The Kier molecular flexibility index (Phi) is 2.51. The molecule has 0 radical (unpaired) electrons. The zero-order chi connectivity index (χ0) is 17.3. The number of methoxy groups -OCH3 is 1. The van der Waals surface area contributed by atoms with E-state index < -0.39 is 0 Å². The van der Waals surface area contributed by atoms with Crippen molar-refractivity contribution in [3.63, 3.8) is 0 Å². The van der Waals surface area contributed by atoms with E-state index in [0.717, 1.165) is 49.8 Å². The molecule has 0 saturated heterocycles. The zero-order valence-electron chi connectivity index (χ0n) is 14.2. The summed E-state index contributed by atoms with van der Waals surface area (Å²) in [7, 11) is 1.70. The van der Waals surface area contributed by atoms with Crippen LogP contribution in [0.3, 0.4) is 0 Å². The highest BCUT2D eigenvalue weighted by molar-refractivity contribution is 6.23. The fourth-order valence-electron chi connectivity index (χ4n) is 4.05. The number of nitrogens with zero attached hydrogens (tertiary/aromatic N) is 2. The molecule has 6 aromatic rings. The van der Waals surface area contributed by atoms with Gasteiger partial charge in [-0.15, -0.1) is 0 Å². The van der Waals surface area contributed by atoms with Crippen molar-refractivity contribution in [3.05, 3.63) is 66.7 Å². The largest absolute Gasteiger partial charge is 0.497 e. The minimum absolute atomic E-state index is 0.840. The van der Waals surface area contributed by atoms with Crippen molar-refractivity contribution in [2.45, 2.75) is 0 Å². The van der Waals surface area contributed by atoms with Crippen LogP contribution in [0.5, 0.6) is 5.75 Å². The minimum Gasteiger partial charge on any atom is -0.497 e. The van der Waals surface area contributed by atoms with Gasteiger partial charge in [0.15, 0.2) is 0 Å². The van der Waals surface area contributed by atoms with Gasteiger partial charge >= 0.3 is 0 Å². The van der Waals surface area contributed by atoms with Crippen molar-refractivity contribution in [2.75, 3.05) is 7.11 Å². The van der Waals surface area contributed by atoms with E-state index in [1.54, 1.807) is 7.11 Å². The number of aromatic nitrogens is 3. The van der Waals surface area contributed by atoms with Gasteiger partial charge in [-0.05, 0) is 30.3 Å². The van der Waals surface area contributed by atoms with E-state index in [0.29, 0.717) is 0 Å². The lowest BCUT2D eigenvalue weighted by Gasteiger charge is -2.08. The van der Waals surface area contributed by atoms with E-state index in [2.05, 4.69) is 64.0 Å². The fourth-order valence-corrected chi connectivity index (χ4v) is 4.05. The number of hydrogen-bond acceptors (Lipinski definition) is 2. The standard InChI is InChI=1S/C22H15N3O/c1-26-13-10-11-15-19(12-13)25-18-9-5-4-8-17(18)24-22(25)20-14-6-2-3-7-16(14)23-21(15)20/h2-12,23H,1H3. The third-order valence-corrected chi connectivity index (χ3v) is 5.21. The smallest absolute Gasteiger partial charge is 0.148 e. The predicted molar refractivity (Wildman–Crippen MR) is 106 cm³/mol. The quantitative estimate of drug-likeness (QED) is 0.443. The Bertz CT molecular complexity index is 1470. The maximum absolute atomic E-state index is 5.49. The van der Waals surface area contributed by atoms with Gasteiger partial charge in [0.2, 0.25) is 0 Å². The molecule has 0 fully saturated rings. The van der Waals surface area contributed by atoms with Crippen LogP contribution in [0, 0.1) is 0 Å². The van der Waals surface area contributed by atoms with Crippen molar-refractivity contribution in [1.82, 2.24) is 14.4 Å². The number of imidazole rings is 1. The summed E-state index contributed by atoms with van der Waals surface area (Å²) in [5.74, 6) is 0.840. The molecular formula is C22H15N3O. The number of benzene rings is 3. The van der Waals surface area contributed by atoms with Crippen LogP contribution in [0.25, 0.3) is 49.4 Å². The number of ether oxygens (including phenoxy) is 1. The van der Waals surface area contributed by atoms with Crippen LogP contribution < -0.4 is 4.74 Å². The maximum Gasteiger partial charge on any atom is 0.148 e. The van der Waals surface area contributed by atoms with Gasteiger partial charge in [0, 0.05) is 22.4 Å². The molecule has 0 atom stereocenters. The summed E-state index contributed by atoms with van der Waals surface area (Å²) in [5, 5.41) is 3.52. The number of aromatic amines is 1. The van der Waals surface area contributed by atoms with Gasteiger partial charge in [0.1, 0.15) is 11.4 Å². The highest BCUT2D eigenvalue weighted by Gasteiger charge is 2.17. The second-order valence-corrected chi connectivity index (χ2v) is 6.56. The summed E-state index contributed by atoms with van der Waals surface area (Å²) in [5.41, 5.74) is 6.40. The SMILES string of the molecule is COc1ccc2c3[nH]c4ccccc4c3c3nc4ccccc4n3c2c1. The lowest BCUT2D eigenvalue weighted by Crippen LogP contribution is -1.92. The summed E-state index contributed by atoms with van der Waals surface area (Å²) < 4.78 is 7.73. The molecular weight excluding hydrogens is 322 g/mol. The molecule has 3 aromatic carbocycles. The molecule has 0 unspecified atom stereocenters. The Labute approximate surface area is 148 Å². The van der Waals surface area contributed by atoms with Crippen molar-refractivity contribution < 1.29 is 4.74 Å². The molecule has 4 heteroatoms. The number of pyridine rings is 1. The monoisotopic (exact) mass is 337 g/mol. The topological polar surface area (TPSA) is 42.3 Å². The molecule has 0 aliphatic heterocycles. The average molecular weight is 337 g/mol. The lowest BCUT2D eigenvalue weighted by atomic mass is 10.1. The van der Waals surface area contributed by atoms with Gasteiger partial charge in [-0.3, -0.25) is 4.40 Å². The lowest BCUT2D eigenvalue weighted by molar-refractivity contribution is 0.415. The first-order valence-corrected chi connectivity index (χ1v) is 8.62. The summed E-state index contributed by atoms with van der Waals surface area (Å²) in [6, 6.07) is 22.9. The average Bonchev–Trinajstić information content (AvgIpc) is 3.26. The van der Waals surface area contributed by atoms with Crippen LogP contribution >= 0.6 is 0 Å². The molecule has 0 aliphatic carbocycles. The van der Waals surface area contributed by atoms with Crippen molar-refractivity contribution in [2.24, 2.45) is 0 Å². The summed E-state index contributed by atoms with van der Waals surface area (Å²) in [4.78, 5) is 8.57. The van der Waals surface area contributed by atoms with E-state index in [-0.39, 0.29) is 0 Å². The molecule has 0 bridgehead atoms. The van der Waals surface area contributed by atoms with E-state index in [4.69, 9.17) is 9.72 Å². The highest BCUT2D eigenvalue weighted by Crippen LogP contribution is 2.37. The predicted octanol–water partition coefficient (Wildman–Crippen LogP) is 5.28. The third-order valence-electron chi connectivity index (χ3n) is 5.21. The fraction of sp³-hybridized carbons (Fsp3) is 0.0455. The third kappa shape index (κ3) is 1.61. The Balaban J connectivity index is 2.02. The van der Waals surface area contributed by atoms with Gasteiger partial charge in [0.25, 0.3) is 0 Å². The van der Waals surface area contributed by atoms with Crippen molar-refractivity contribution in [1.29, 1.82) is 0 Å². The van der Waals surface area contributed by atoms with Gasteiger partial charge in [-0.2, -0.15) is 0 Å². The zero-order valence-corrected chi connectivity index (χ0v) is 14.2. The summed E-state index contributed by atoms with van der Waals surface area (Å²) in [6.07, 6.45) is 0. The van der Waals surface area contributed by atoms with Crippen LogP contribution in [-0.2, 0) is 0 Å². The molecule has 6 rings (SSSR count). The summed E-state index contributed by atoms with van der Waals surface area (Å²) >= 11 is 0. The first-order chi connectivity index (χ1) is 12.8. The Morgan fingerprint density at radius 3 is 2.65 bits per heavy atom. The molecule has 3 heterocycles. The second-order valence-electron chi connectivity index (χ2n) is 6.56. The first-order valence-electron chi connectivity index (χ1n) is 8.62. The van der Waals surface area contributed by atoms with E-state index in [1.165, 1.54) is 5.39 Å². The van der Waals surface area contributed by atoms with Gasteiger partial charge in [0.05, 0.1) is 34.6 Å². The van der Waals surface area contributed by atoms with Crippen LogP contribution in [0.2, 0.25) is 0 Å². The van der Waals surface area contributed by atoms with Crippen LogP contribution in [0.4, 0.5) is 0 Å². The molecule has 0 aliphatic rings. The number of H-pyrrole nitrogens is 1. The molecule has 0 spiro atoms. The van der Waals surface area contributed by atoms with Crippen molar-refractivity contribution >= 4 is 49.4 Å². The Morgan fingerprint density at radius 1 is 0.885 bits per heavy atom. The number of para-hydroxylation sites is 3. The molecule has 3 aromatic heterocycles. The molecule has 0 saturated carbocycles. The van der Waals surface area contributed by atoms with E-state index in [9.17, 15) is 0 Å². The minimum atomic E-state index is 0.840. The summed E-state index contributed by atoms with van der Waals surface area (Å²) in [6.45, 7) is 0. The Hall–Kier alpha value is -3.53. The highest BCUT2D eigenvalue weighted by atomic mass is 16.5. The van der Waals surface area contributed by atoms with Gasteiger partial charge < -0.3 is 9.72 Å². The van der Waals surface area contributed by atoms with Crippen molar-refractivity contribution in [3.8, 4) is 5.75 Å². The normalized spacial score (nSPS) is 12.0. The molecule has 4 nitrogen and oxygen atoms in total. The number of fused-ring (bicyclic) bond motifs is 10. The van der Waals surface area contributed by atoms with Crippen LogP contribution in [0.1, 0.15) is 0 Å². The van der Waals surface area contributed by atoms with Crippen LogP contribution in [0.15, 0.2) is 66.7 Å². The van der Waals surface area contributed by atoms with E-state index >= 15 is 0 Å². The number of rotatable bonds is 1. The second kappa shape index (κ2) is 4.76. The first kappa shape index (κ1) is 13.7. The number of hydrogen-bond donors (Lipinski definition) is 1.